The van der Waals surface area contributed by atoms with Gasteiger partial charge in [0.15, 0.2) is 11.5 Å². The number of benzene rings is 1. The molecule has 1 saturated carbocycles. The molecule has 26 heavy (non-hydrogen) atoms. The zero-order valence-electron chi connectivity index (χ0n) is 14.0. The summed E-state index contributed by atoms with van der Waals surface area (Å²) in [6.07, 6.45) is 4.96. The van der Waals surface area contributed by atoms with E-state index in [1.807, 2.05) is 30.3 Å². The molecule has 1 N–H and O–H groups in total. The normalized spacial score (nSPS) is 14.7. The second-order valence-electron chi connectivity index (χ2n) is 6.20. The molecule has 8 nitrogen and oxygen atoms in total. The molecule has 2 aromatic heterocycles. The first-order chi connectivity index (χ1) is 12.8. The fraction of sp³-hybridized carbons (Fsp3) is 0.333. The molecule has 0 radical (unpaired) electrons. The lowest BCUT2D eigenvalue weighted by molar-refractivity contribution is 0.0959. The number of aliphatic hydroxyl groups excluding tert-OH is 1. The molecule has 0 aliphatic heterocycles. The van der Waals surface area contributed by atoms with Crippen LogP contribution >= 0.6 is 0 Å². The molecule has 1 aliphatic carbocycles. The molecule has 2 heterocycles. The van der Waals surface area contributed by atoms with E-state index in [2.05, 4.69) is 15.4 Å². The Bertz CT molecular complexity index is 870. The summed E-state index contributed by atoms with van der Waals surface area (Å²) in [6.45, 7) is -0.364. The van der Waals surface area contributed by atoms with Gasteiger partial charge in [-0.1, -0.05) is 53.4 Å². The molecule has 3 aromatic rings. The number of anilines is 1. The minimum atomic E-state index is -0.406. The minimum Gasteiger partial charge on any atom is -0.411 e. The molecule has 1 aliphatic rings. The number of nitrogens with zero attached hydrogens (tertiary/aromatic N) is 4. The lowest BCUT2D eigenvalue weighted by atomic mass is 10.1. The number of aliphatic hydroxyl groups is 1. The van der Waals surface area contributed by atoms with Gasteiger partial charge in [-0.2, -0.15) is 0 Å². The molecule has 0 spiro atoms. The van der Waals surface area contributed by atoms with Crippen molar-refractivity contribution in [2.24, 2.45) is 0 Å². The van der Waals surface area contributed by atoms with E-state index in [1.54, 1.807) is 0 Å². The number of amides is 1. The smallest absolute Gasteiger partial charge is 0.325 e. The second kappa shape index (κ2) is 7.09. The summed E-state index contributed by atoms with van der Waals surface area (Å²) in [5.41, 5.74) is 1.16. The summed E-state index contributed by atoms with van der Waals surface area (Å²) in [5, 5.41) is 21.4. The van der Waals surface area contributed by atoms with Crippen LogP contribution in [0.3, 0.4) is 0 Å². The maximum absolute atomic E-state index is 13.2. The van der Waals surface area contributed by atoms with Crippen molar-refractivity contribution < 1.29 is 18.8 Å². The Morgan fingerprint density at radius 2 is 2.00 bits per heavy atom. The first kappa shape index (κ1) is 16.5. The van der Waals surface area contributed by atoms with Crippen molar-refractivity contribution in [2.45, 2.75) is 38.3 Å². The van der Waals surface area contributed by atoms with Crippen molar-refractivity contribution in [3.8, 4) is 11.3 Å². The zero-order valence-corrected chi connectivity index (χ0v) is 14.0. The molecular weight excluding hydrogens is 336 g/mol. The predicted octanol–water partition coefficient (Wildman–Crippen LogP) is 2.81. The number of carbonyl (C=O) groups is 1. The molecule has 0 bridgehead atoms. The van der Waals surface area contributed by atoms with Crippen molar-refractivity contribution in [3.63, 3.8) is 0 Å². The summed E-state index contributed by atoms with van der Waals surface area (Å²) < 4.78 is 10.7. The highest BCUT2D eigenvalue weighted by Crippen LogP contribution is 2.31. The quantitative estimate of drug-likeness (QED) is 0.751. The largest absolute Gasteiger partial charge is 0.411 e. The molecule has 1 aromatic carbocycles. The van der Waals surface area contributed by atoms with Gasteiger partial charge in [0.25, 0.3) is 5.91 Å². The zero-order chi connectivity index (χ0) is 17.9. The molecule has 8 heteroatoms. The third-order valence-corrected chi connectivity index (χ3v) is 4.65. The molecule has 1 fully saturated rings. The van der Waals surface area contributed by atoms with Crippen LogP contribution in [-0.4, -0.2) is 32.4 Å². The van der Waals surface area contributed by atoms with Crippen LogP contribution in [0.5, 0.6) is 0 Å². The van der Waals surface area contributed by atoms with Gasteiger partial charge in [-0.15, -0.1) is 5.10 Å². The van der Waals surface area contributed by atoms with E-state index >= 15 is 0 Å². The van der Waals surface area contributed by atoms with E-state index in [0.29, 0.717) is 11.3 Å². The molecule has 4 rings (SSSR count). The van der Waals surface area contributed by atoms with Crippen LogP contribution in [-0.2, 0) is 6.61 Å². The van der Waals surface area contributed by atoms with E-state index in [9.17, 15) is 9.90 Å². The van der Waals surface area contributed by atoms with Crippen molar-refractivity contribution in [3.05, 3.63) is 48.0 Å². The Morgan fingerprint density at radius 3 is 2.65 bits per heavy atom. The molecule has 0 saturated heterocycles. The maximum atomic E-state index is 13.2. The lowest BCUT2D eigenvalue weighted by Crippen LogP contribution is -2.40. The van der Waals surface area contributed by atoms with E-state index in [0.717, 1.165) is 31.2 Å². The second-order valence-corrected chi connectivity index (χ2v) is 6.20. The Labute approximate surface area is 149 Å². The average Bonchev–Trinajstić information content (AvgIpc) is 3.44. The van der Waals surface area contributed by atoms with E-state index in [-0.39, 0.29) is 24.4 Å². The van der Waals surface area contributed by atoms with Gasteiger partial charge in [0.05, 0.1) is 12.2 Å². The summed E-state index contributed by atoms with van der Waals surface area (Å²) in [4.78, 5) is 14.7. The van der Waals surface area contributed by atoms with E-state index in [1.165, 1.54) is 11.3 Å². The number of rotatable bonds is 5. The van der Waals surface area contributed by atoms with Crippen LogP contribution in [0.4, 0.5) is 6.01 Å². The predicted molar refractivity (Wildman–Crippen MR) is 91.2 cm³/mol. The van der Waals surface area contributed by atoms with Crippen molar-refractivity contribution >= 4 is 11.9 Å². The van der Waals surface area contributed by atoms with Crippen LogP contribution in [0.15, 0.2) is 45.7 Å². The fourth-order valence-electron chi connectivity index (χ4n) is 3.40. The average molecular weight is 354 g/mol. The Hall–Kier alpha value is -3.00. The van der Waals surface area contributed by atoms with Gasteiger partial charge < -0.3 is 14.0 Å². The standard InChI is InChI=1S/C18H18N4O4/c23-10-14-15(21-26-16(14)12-6-2-1-3-7-12)17(24)22(13-8-4-5-9-13)18-20-19-11-25-18/h1-3,6-7,11,13,23H,4-5,8-10H2. The third-order valence-electron chi connectivity index (χ3n) is 4.65. The van der Waals surface area contributed by atoms with Crippen molar-refractivity contribution in [1.82, 2.24) is 15.4 Å². The summed E-state index contributed by atoms with van der Waals surface area (Å²) >= 11 is 0. The highest BCUT2D eigenvalue weighted by atomic mass is 16.5. The number of aromatic nitrogens is 3. The highest BCUT2D eigenvalue weighted by Gasteiger charge is 2.35. The number of hydrogen-bond donors (Lipinski definition) is 1. The van der Waals surface area contributed by atoms with Crippen LogP contribution in [0.2, 0.25) is 0 Å². The van der Waals surface area contributed by atoms with Gasteiger partial charge in [-0.25, -0.2) is 0 Å². The van der Waals surface area contributed by atoms with Crippen LogP contribution in [0.25, 0.3) is 11.3 Å². The van der Waals surface area contributed by atoms with Crippen molar-refractivity contribution in [2.75, 3.05) is 4.90 Å². The molecule has 1 amide bonds. The lowest BCUT2D eigenvalue weighted by Gasteiger charge is -2.24. The molecular formula is C18H18N4O4. The Kier molecular flexibility index (Phi) is 4.49. The molecule has 0 atom stereocenters. The SMILES string of the molecule is O=C(c1noc(-c2ccccc2)c1CO)N(c1nnco1)C1CCCC1. The summed E-state index contributed by atoms with van der Waals surface area (Å²) in [7, 11) is 0. The first-order valence-electron chi connectivity index (χ1n) is 8.54. The molecule has 134 valence electrons. The van der Waals surface area contributed by atoms with Gasteiger partial charge in [-0.05, 0) is 12.8 Å². The third kappa shape index (κ3) is 2.88. The van der Waals surface area contributed by atoms with Gasteiger partial charge in [0, 0.05) is 11.6 Å². The van der Waals surface area contributed by atoms with Gasteiger partial charge in [0.2, 0.25) is 6.39 Å². The van der Waals surface area contributed by atoms with Crippen LogP contribution in [0.1, 0.15) is 41.7 Å². The minimum absolute atomic E-state index is 0.0358. The van der Waals surface area contributed by atoms with E-state index < -0.39 is 5.91 Å². The number of carbonyl (C=O) groups excluding carboxylic acids is 1. The van der Waals surface area contributed by atoms with Gasteiger partial charge in [0.1, 0.15) is 0 Å². The topological polar surface area (TPSA) is 105 Å². The van der Waals surface area contributed by atoms with E-state index in [4.69, 9.17) is 8.94 Å². The Morgan fingerprint density at radius 1 is 1.23 bits per heavy atom. The number of hydrogen-bond acceptors (Lipinski definition) is 7. The van der Waals surface area contributed by atoms with Crippen molar-refractivity contribution in [1.29, 1.82) is 0 Å². The highest BCUT2D eigenvalue weighted by molar-refractivity contribution is 6.05. The summed E-state index contributed by atoms with van der Waals surface area (Å²) in [5.74, 6) is -0.0236. The maximum Gasteiger partial charge on any atom is 0.325 e. The monoisotopic (exact) mass is 354 g/mol. The van der Waals surface area contributed by atoms with Gasteiger partial charge in [-0.3, -0.25) is 9.69 Å². The first-order valence-corrected chi connectivity index (χ1v) is 8.54. The fourth-order valence-corrected chi connectivity index (χ4v) is 3.40. The van der Waals surface area contributed by atoms with Crippen LogP contribution in [0, 0.1) is 0 Å². The summed E-state index contributed by atoms with van der Waals surface area (Å²) in [6, 6.07) is 9.35. The van der Waals surface area contributed by atoms with Gasteiger partial charge >= 0.3 is 6.01 Å². The Balaban J connectivity index is 1.73. The molecule has 0 unspecified atom stereocenters. The van der Waals surface area contributed by atoms with Crippen LogP contribution < -0.4 is 4.90 Å².